The molecule has 1 aromatic rings. The first-order valence-corrected chi connectivity index (χ1v) is 6.89. The molecule has 18 heavy (non-hydrogen) atoms. The van der Waals surface area contributed by atoms with E-state index in [0.29, 0.717) is 5.92 Å². The van der Waals surface area contributed by atoms with E-state index in [1.165, 1.54) is 0 Å². The fourth-order valence-electron chi connectivity index (χ4n) is 2.79. The predicted octanol–water partition coefficient (Wildman–Crippen LogP) is 1.45. The molecule has 1 fully saturated rings. The average Bonchev–Trinajstić information content (AvgIpc) is 2.67. The molecule has 0 amide bonds. The minimum atomic E-state index is -0.531. The fourth-order valence-corrected chi connectivity index (χ4v) is 2.79. The Bertz CT molecular complexity index is 378. The highest BCUT2D eigenvalue weighted by molar-refractivity contribution is 5.09. The third-order valence-corrected chi connectivity index (χ3v) is 3.70. The van der Waals surface area contributed by atoms with Crippen molar-refractivity contribution in [1.29, 1.82) is 0 Å². The second-order valence-electron chi connectivity index (χ2n) is 6.12. The summed E-state index contributed by atoms with van der Waals surface area (Å²) >= 11 is 0. The molecule has 1 N–H and O–H groups in total. The van der Waals surface area contributed by atoms with Gasteiger partial charge in [0.15, 0.2) is 0 Å². The van der Waals surface area contributed by atoms with Crippen molar-refractivity contribution in [3.63, 3.8) is 0 Å². The van der Waals surface area contributed by atoms with E-state index in [1.54, 1.807) is 4.68 Å². The van der Waals surface area contributed by atoms with E-state index in [0.717, 1.165) is 44.5 Å². The van der Waals surface area contributed by atoms with Gasteiger partial charge in [-0.1, -0.05) is 13.8 Å². The summed E-state index contributed by atoms with van der Waals surface area (Å²) in [4.78, 5) is 2.46. The van der Waals surface area contributed by atoms with Gasteiger partial charge in [0.25, 0.3) is 0 Å². The third kappa shape index (κ3) is 3.56. The van der Waals surface area contributed by atoms with E-state index in [9.17, 15) is 5.11 Å². The number of nitrogens with zero attached hydrogens (tertiary/aromatic N) is 3. The lowest BCUT2D eigenvalue weighted by molar-refractivity contribution is -0.0227. The van der Waals surface area contributed by atoms with E-state index in [4.69, 9.17) is 0 Å². The lowest BCUT2D eigenvalue weighted by atomic mass is 9.86. The maximum absolute atomic E-state index is 10.6. The van der Waals surface area contributed by atoms with E-state index < -0.39 is 5.60 Å². The first-order chi connectivity index (χ1) is 8.47. The number of hydrogen-bond acceptors (Lipinski definition) is 3. The fraction of sp³-hybridized carbons (Fsp3) is 0.786. The Morgan fingerprint density at radius 1 is 1.39 bits per heavy atom. The van der Waals surface area contributed by atoms with E-state index in [2.05, 4.69) is 23.8 Å². The van der Waals surface area contributed by atoms with Crippen molar-refractivity contribution in [2.24, 2.45) is 13.0 Å². The molecule has 1 aliphatic heterocycles. The Morgan fingerprint density at radius 3 is 2.56 bits per heavy atom. The van der Waals surface area contributed by atoms with Crippen LogP contribution in [0.3, 0.4) is 0 Å². The van der Waals surface area contributed by atoms with E-state index >= 15 is 0 Å². The summed E-state index contributed by atoms with van der Waals surface area (Å²) in [7, 11) is 1.92. The molecule has 2 heterocycles. The zero-order chi connectivity index (χ0) is 13.2. The summed E-state index contributed by atoms with van der Waals surface area (Å²) in [5.41, 5.74) is 0.605. The van der Waals surface area contributed by atoms with Crippen LogP contribution in [0.25, 0.3) is 0 Å². The molecule has 4 heteroatoms. The van der Waals surface area contributed by atoms with Crippen molar-refractivity contribution in [2.45, 2.75) is 38.7 Å². The zero-order valence-electron chi connectivity index (χ0n) is 11.8. The van der Waals surface area contributed by atoms with Gasteiger partial charge in [-0.05, 0) is 24.3 Å². The van der Waals surface area contributed by atoms with Crippen LogP contribution in [-0.4, -0.2) is 45.0 Å². The highest BCUT2D eigenvalue weighted by atomic mass is 16.3. The lowest BCUT2D eigenvalue weighted by Crippen LogP contribution is -2.46. The van der Waals surface area contributed by atoms with Crippen LogP contribution in [0.15, 0.2) is 12.4 Å². The zero-order valence-corrected chi connectivity index (χ0v) is 11.8. The van der Waals surface area contributed by atoms with Crippen LogP contribution >= 0.6 is 0 Å². The summed E-state index contributed by atoms with van der Waals surface area (Å²) < 4.78 is 1.80. The van der Waals surface area contributed by atoms with Crippen molar-refractivity contribution >= 4 is 0 Å². The second kappa shape index (κ2) is 5.41. The first-order valence-electron chi connectivity index (χ1n) is 6.89. The van der Waals surface area contributed by atoms with Crippen molar-refractivity contribution in [3.8, 4) is 0 Å². The van der Waals surface area contributed by atoms with Gasteiger partial charge in [0.2, 0.25) is 0 Å². The van der Waals surface area contributed by atoms with Crippen molar-refractivity contribution in [1.82, 2.24) is 14.7 Å². The van der Waals surface area contributed by atoms with Crippen LogP contribution in [0.2, 0.25) is 0 Å². The molecule has 0 unspecified atom stereocenters. The van der Waals surface area contributed by atoms with Crippen molar-refractivity contribution in [2.75, 3.05) is 19.6 Å². The SMILES string of the molecule is CC(C)CN1CCC(O)(Cc2cnn(C)c2)CC1. The van der Waals surface area contributed by atoms with Crippen LogP contribution in [0.4, 0.5) is 0 Å². The number of hydrogen-bond donors (Lipinski definition) is 1. The van der Waals surface area contributed by atoms with Crippen LogP contribution < -0.4 is 0 Å². The second-order valence-corrected chi connectivity index (χ2v) is 6.12. The Labute approximate surface area is 110 Å². The molecule has 0 radical (unpaired) electrons. The molecule has 1 saturated heterocycles. The monoisotopic (exact) mass is 251 g/mol. The first kappa shape index (κ1) is 13.6. The number of likely N-dealkylation sites (tertiary alicyclic amines) is 1. The summed E-state index contributed by atoms with van der Waals surface area (Å²) in [6, 6.07) is 0. The number of aromatic nitrogens is 2. The number of piperidine rings is 1. The topological polar surface area (TPSA) is 41.3 Å². The molecule has 0 atom stereocenters. The summed E-state index contributed by atoms with van der Waals surface area (Å²) in [6.45, 7) is 7.65. The Hall–Kier alpha value is -0.870. The van der Waals surface area contributed by atoms with Crippen LogP contribution in [-0.2, 0) is 13.5 Å². The maximum Gasteiger partial charge on any atom is 0.0713 e. The standard InChI is InChI=1S/C14H25N3O/c1-12(2)10-17-6-4-14(18,5-7-17)8-13-9-15-16(3)11-13/h9,11-12,18H,4-8,10H2,1-3H3. The molecule has 0 bridgehead atoms. The van der Waals surface area contributed by atoms with Gasteiger partial charge >= 0.3 is 0 Å². The quantitative estimate of drug-likeness (QED) is 0.880. The highest BCUT2D eigenvalue weighted by Gasteiger charge is 2.32. The minimum absolute atomic E-state index is 0.531. The molecular weight excluding hydrogens is 226 g/mol. The van der Waals surface area contributed by atoms with Crippen LogP contribution in [0.5, 0.6) is 0 Å². The highest BCUT2D eigenvalue weighted by Crippen LogP contribution is 2.26. The van der Waals surface area contributed by atoms with Gasteiger partial charge in [0.05, 0.1) is 11.8 Å². The molecule has 1 aromatic heterocycles. The normalized spacial score (nSPS) is 20.5. The van der Waals surface area contributed by atoms with Crippen LogP contribution in [0.1, 0.15) is 32.3 Å². The average molecular weight is 251 g/mol. The molecule has 2 rings (SSSR count). The summed E-state index contributed by atoms with van der Waals surface area (Å²) in [6.07, 6.45) is 6.33. The van der Waals surface area contributed by atoms with Gasteiger partial charge in [0.1, 0.15) is 0 Å². The Morgan fingerprint density at radius 2 is 2.06 bits per heavy atom. The predicted molar refractivity (Wildman–Crippen MR) is 72.4 cm³/mol. The molecule has 4 nitrogen and oxygen atoms in total. The van der Waals surface area contributed by atoms with Crippen molar-refractivity contribution in [3.05, 3.63) is 18.0 Å². The largest absolute Gasteiger partial charge is 0.389 e. The molecular formula is C14H25N3O. The molecule has 1 aliphatic rings. The van der Waals surface area contributed by atoms with Crippen LogP contribution in [0, 0.1) is 5.92 Å². The molecule has 0 aliphatic carbocycles. The lowest BCUT2D eigenvalue weighted by Gasteiger charge is -2.38. The summed E-state index contributed by atoms with van der Waals surface area (Å²) in [5, 5.41) is 14.8. The van der Waals surface area contributed by atoms with Gasteiger partial charge < -0.3 is 10.0 Å². The molecule has 0 saturated carbocycles. The third-order valence-electron chi connectivity index (χ3n) is 3.70. The number of aliphatic hydroxyl groups is 1. The van der Waals surface area contributed by atoms with E-state index in [1.807, 2.05) is 19.4 Å². The molecule has 0 spiro atoms. The molecule has 102 valence electrons. The van der Waals surface area contributed by atoms with Crippen molar-refractivity contribution < 1.29 is 5.11 Å². The number of rotatable bonds is 4. The summed E-state index contributed by atoms with van der Waals surface area (Å²) in [5.74, 6) is 0.703. The van der Waals surface area contributed by atoms with Gasteiger partial charge in [0, 0.05) is 39.3 Å². The minimum Gasteiger partial charge on any atom is -0.389 e. The van der Waals surface area contributed by atoms with E-state index in [-0.39, 0.29) is 0 Å². The Kier molecular flexibility index (Phi) is 4.07. The number of aryl methyl sites for hydroxylation is 1. The van der Waals surface area contributed by atoms with Gasteiger partial charge in [-0.25, -0.2) is 0 Å². The van der Waals surface area contributed by atoms with Gasteiger partial charge in [-0.3, -0.25) is 4.68 Å². The smallest absolute Gasteiger partial charge is 0.0713 e. The van der Waals surface area contributed by atoms with Gasteiger partial charge in [-0.2, -0.15) is 5.10 Å². The molecule has 0 aromatic carbocycles. The Balaban J connectivity index is 1.87. The van der Waals surface area contributed by atoms with Gasteiger partial charge in [-0.15, -0.1) is 0 Å². The maximum atomic E-state index is 10.6.